The van der Waals surface area contributed by atoms with Crippen LogP contribution in [0.1, 0.15) is 30.5 Å². The Balaban J connectivity index is 2.85. The second-order valence-electron chi connectivity index (χ2n) is 3.96. The van der Waals surface area contributed by atoms with Gasteiger partial charge in [0.15, 0.2) is 0 Å². The number of aryl methyl sites for hydroxylation is 1. The van der Waals surface area contributed by atoms with Crippen LogP contribution >= 0.6 is 11.8 Å². The molecule has 3 heteroatoms. The number of rotatable bonds is 6. The molecule has 16 heavy (non-hydrogen) atoms. The number of benzene rings is 1. The average Bonchev–Trinajstić information content (AvgIpc) is 2.28. The first-order chi connectivity index (χ1) is 7.69. The average molecular weight is 241 g/mol. The molecule has 1 atom stereocenters. The summed E-state index contributed by atoms with van der Waals surface area (Å²) in [5, 5.41) is 3.47. The van der Waals surface area contributed by atoms with Gasteiger partial charge in [-0.05, 0) is 49.4 Å². The standard InChI is InChI=1S/C13H20FNS/c1-4-7-15-13(9-16-3)12-8-11(14)6-5-10(12)2/h5-6,8,13,15H,4,7,9H2,1-3H3. The molecule has 0 fully saturated rings. The molecule has 0 saturated heterocycles. The van der Waals surface area contributed by atoms with Gasteiger partial charge < -0.3 is 5.32 Å². The lowest BCUT2D eigenvalue weighted by atomic mass is 10.0. The van der Waals surface area contributed by atoms with Crippen molar-refractivity contribution < 1.29 is 4.39 Å². The number of halogens is 1. The summed E-state index contributed by atoms with van der Waals surface area (Å²) in [6.07, 6.45) is 3.18. The lowest BCUT2D eigenvalue weighted by Gasteiger charge is -2.20. The summed E-state index contributed by atoms with van der Waals surface area (Å²) >= 11 is 1.78. The van der Waals surface area contributed by atoms with Gasteiger partial charge in [-0.15, -0.1) is 0 Å². The minimum atomic E-state index is -0.148. The van der Waals surface area contributed by atoms with Gasteiger partial charge in [-0.25, -0.2) is 4.39 Å². The molecule has 0 aliphatic rings. The van der Waals surface area contributed by atoms with Crippen molar-refractivity contribution >= 4 is 11.8 Å². The van der Waals surface area contributed by atoms with E-state index in [1.54, 1.807) is 17.8 Å². The number of hydrogen-bond acceptors (Lipinski definition) is 2. The molecule has 0 amide bonds. The normalized spacial score (nSPS) is 12.8. The van der Waals surface area contributed by atoms with Crippen molar-refractivity contribution in [3.8, 4) is 0 Å². The van der Waals surface area contributed by atoms with Crippen LogP contribution in [0.15, 0.2) is 18.2 Å². The molecular formula is C13H20FNS. The first-order valence-corrected chi connectivity index (χ1v) is 7.06. The van der Waals surface area contributed by atoms with Gasteiger partial charge in [-0.3, -0.25) is 0 Å². The molecule has 1 aromatic carbocycles. The Kier molecular flexibility index (Phi) is 5.85. The highest BCUT2D eigenvalue weighted by atomic mass is 32.2. The van der Waals surface area contributed by atoms with Crippen molar-refractivity contribution in [2.45, 2.75) is 26.3 Å². The minimum Gasteiger partial charge on any atom is -0.309 e. The maximum absolute atomic E-state index is 13.2. The van der Waals surface area contributed by atoms with E-state index >= 15 is 0 Å². The van der Waals surface area contributed by atoms with Gasteiger partial charge in [-0.1, -0.05) is 13.0 Å². The molecule has 0 radical (unpaired) electrons. The SMILES string of the molecule is CCCNC(CSC)c1cc(F)ccc1C. The van der Waals surface area contributed by atoms with Gasteiger partial charge in [0.1, 0.15) is 5.82 Å². The van der Waals surface area contributed by atoms with Gasteiger partial charge in [0.05, 0.1) is 0 Å². The molecule has 0 aliphatic heterocycles. The lowest BCUT2D eigenvalue weighted by molar-refractivity contribution is 0.566. The highest BCUT2D eigenvalue weighted by molar-refractivity contribution is 7.98. The molecule has 0 saturated carbocycles. The van der Waals surface area contributed by atoms with Gasteiger partial charge in [-0.2, -0.15) is 11.8 Å². The topological polar surface area (TPSA) is 12.0 Å². The Labute approximate surface area is 102 Å². The van der Waals surface area contributed by atoms with Crippen molar-refractivity contribution in [1.82, 2.24) is 5.32 Å². The van der Waals surface area contributed by atoms with Crippen molar-refractivity contribution in [2.24, 2.45) is 0 Å². The molecular weight excluding hydrogens is 221 g/mol. The van der Waals surface area contributed by atoms with E-state index in [9.17, 15) is 4.39 Å². The van der Waals surface area contributed by atoms with Crippen LogP contribution in [-0.2, 0) is 0 Å². The van der Waals surface area contributed by atoms with E-state index in [1.165, 1.54) is 6.07 Å². The Morgan fingerprint density at radius 1 is 1.44 bits per heavy atom. The van der Waals surface area contributed by atoms with Gasteiger partial charge in [0, 0.05) is 11.8 Å². The molecule has 0 spiro atoms. The summed E-state index contributed by atoms with van der Waals surface area (Å²) in [7, 11) is 0. The maximum Gasteiger partial charge on any atom is 0.123 e. The Morgan fingerprint density at radius 3 is 2.81 bits per heavy atom. The molecule has 1 rings (SSSR count). The van der Waals surface area contributed by atoms with E-state index in [2.05, 4.69) is 18.5 Å². The van der Waals surface area contributed by atoms with Crippen LogP contribution in [0.3, 0.4) is 0 Å². The Hall–Kier alpha value is -0.540. The van der Waals surface area contributed by atoms with Gasteiger partial charge in [0.2, 0.25) is 0 Å². The van der Waals surface area contributed by atoms with E-state index < -0.39 is 0 Å². The molecule has 0 aromatic heterocycles. The third kappa shape index (κ3) is 3.80. The first kappa shape index (κ1) is 13.5. The molecule has 0 bridgehead atoms. The monoisotopic (exact) mass is 241 g/mol. The summed E-state index contributed by atoms with van der Waals surface area (Å²) in [5.41, 5.74) is 2.24. The second-order valence-corrected chi connectivity index (χ2v) is 4.87. The molecule has 1 nitrogen and oxygen atoms in total. The fraction of sp³-hybridized carbons (Fsp3) is 0.538. The molecule has 90 valence electrons. The Morgan fingerprint density at radius 2 is 2.19 bits per heavy atom. The van der Waals surface area contributed by atoms with Crippen molar-refractivity contribution in [3.63, 3.8) is 0 Å². The predicted octanol–water partition coefficient (Wildman–Crippen LogP) is 3.54. The van der Waals surface area contributed by atoms with Crippen LogP contribution in [0.5, 0.6) is 0 Å². The summed E-state index contributed by atoms with van der Waals surface area (Å²) in [4.78, 5) is 0. The van der Waals surface area contributed by atoms with Gasteiger partial charge >= 0.3 is 0 Å². The molecule has 0 heterocycles. The van der Waals surface area contributed by atoms with Crippen LogP contribution in [0, 0.1) is 12.7 Å². The lowest BCUT2D eigenvalue weighted by Crippen LogP contribution is -2.24. The second kappa shape index (κ2) is 6.92. The van der Waals surface area contributed by atoms with Crippen molar-refractivity contribution in [1.29, 1.82) is 0 Å². The number of nitrogens with one attached hydrogen (secondary N) is 1. The quantitative estimate of drug-likeness (QED) is 0.817. The minimum absolute atomic E-state index is 0.148. The smallest absolute Gasteiger partial charge is 0.123 e. The van der Waals surface area contributed by atoms with E-state index in [4.69, 9.17) is 0 Å². The first-order valence-electron chi connectivity index (χ1n) is 5.67. The fourth-order valence-corrected chi connectivity index (χ4v) is 2.36. The number of hydrogen-bond donors (Lipinski definition) is 1. The van der Waals surface area contributed by atoms with E-state index in [-0.39, 0.29) is 11.9 Å². The summed E-state index contributed by atoms with van der Waals surface area (Å²) in [6, 6.07) is 5.28. The maximum atomic E-state index is 13.2. The number of thioether (sulfide) groups is 1. The van der Waals surface area contributed by atoms with Crippen LogP contribution in [0.25, 0.3) is 0 Å². The predicted molar refractivity (Wildman–Crippen MR) is 70.6 cm³/mol. The fourth-order valence-electron chi connectivity index (χ4n) is 1.73. The van der Waals surface area contributed by atoms with Crippen LogP contribution < -0.4 is 5.32 Å². The van der Waals surface area contributed by atoms with E-state index in [0.717, 1.165) is 29.8 Å². The molecule has 0 aliphatic carbocycles. The summed E-state index contributed by atoms with van der Waals surface area (Å²) in [6.45, 7) is 5.15. The zero-order chi connectivity index (χ0) is 12.0. The van der Waals surface area contributed by atoms with Crippen LogP contribution in [-0.4, -0.2) is 18.6 Å². The van der Waals surface area contributed by atoms with Crippen molar-refractivity contribution in [2.75, 3.05) is 18.6 Å². The summed E-state index contributed by atoms with van der Waals surface area (Å²) in [5.74, 6) is 0.828. The molecule has 1 aromatic rings. The van der Waals surface area contributed by atoms with Crippen LogP contribution in [0.4, 0.5) is 4.39 Å². The third-order valence-electron chi connectivity index (χ3n) is 2.59. The summed E-state index contributed by atoms with van der Waals surface area (Å²) < 4.78 is 13.2. The molecule has 1 unspecified atom stereocenters. The van der Waals surface area contributed by atoms with E-state index in [1.807, 2.05) is 13.0 Å². The largest absolute Gasteiger partial charge is 0.309 e. The van der Waals surface area contributed by atoms with Gasteiger partial charge in [0.25, 0.3) is 0 Å². The zero-order valence-electron chi connectivity index (χ0n) is 10.2. The highest BCUT2D eigenvalue weighted by Gasteiger charge is 2.13. The van der Waals surface area contributed by atoms with Crippen molar-refractivity contribution in [3.05, 3.63) is 35.1 Å². The Bertz CT molecular complexity index is 328. The third-order valence-corrected chi connectivity index (χ3v) is 3.26. The van der Waals surface area contributed by atoms with E-state index in [0.29, 0.717) is 0 Å². The van der Waals surface area contributed by atoms with Crippen LogP contribution in [0.2, 0.25) is 0 Å². The molecule has 1 N–H and O–H groups in total. The highest BCUT2D eigenvalue weighted by Crippen LogP contribution is 2.21. The zero-order valence-corrected chi connectivity index (χ0v) is 11.0.